The number of nitrogens with one attached hydrogen (secondary N) is 2. The number of nitrogens with two attached hydrogens (primary N) is 1. The molecule has 8 nitrogen and oxygen atoms in total. The zero-order valence-electron chi connectivity index (χ0n) is 10.6. The van der Waals surface area contributed by atoms with Gasteiger partial charge < -0.3 is 5.73 Å². The average molecular weight is 318 g/mol. The molecule has 0 atom stereocenters. The molecule has 110 valence electrons. The predicted octanol–water partition coefficient (Wildman–Crippen LogP) is -1.03. The van der Waals surface area contributed by atoms with E-state index in [0.717, 1.165) is 6.26 Å². The Balaban J connectivity index is 2.83. The quantitative estimate of drug-likeness (QED) is 0.452. The minimum absolute atomic E-state index is 0.0754. The van der Waals surface area contributed by atoms with Crippen LogP contribution < -0.4 is 15.2 Å². The summed E-state index contributed by atoms with van der Waals surface area (Å²) in [4.78, 5) is -0.200. The van der Waals surface area contributed by atoms with Gasteiger partial charge in [-0.05, 0) is 18.2 Å². The van der Waals surface area contributed by atoms with Crippen LogP contribution in [0.4, 0.5) is 5.69 Å². The molecule has 0 saturated carbocycles. The van der Waals surface area contributed by atoms with Crippen LogP contribution in [0.3, 0.4) is 0 Å². The van der Waals surface area contributed by atoms with Gasteiger partial charge in [0.1, 0.15) is 6.07 Å². The Labute approximate surface area is 117 Å². The molecule has 0 fully saturated rings. The molecule has 10 heteroatoms. The molecule has 0 aromatic heterocycles. The number of hydrogen-bond donors (Lipinski definition) is 3. The zero-order chi connectivity index (χ0) is 15.4. The molecule has 0 saturated heterocycles. The van der Waals surface area contributed by atoms with Crippen molar-refractivity contribution < 1.29 is 16.8 Å². The summed E-state index contributed by atoms with van der Waals surface area (Å²) in [7, 11) is -7.28. The van der Waals surface area contributed by atoms with Crippen molar-refractivity contribution in [3.8, 4) is 6.07 Å². The molecule has 0 radical (unpaired) electrons. The molecular weight excluding hydrogens is 304 g/mol. The van der Waals surface area contributed by atoms with Gasteiger partial charge in [0.15, 0.2) is 0 Å². The van der Waals surface area contributed by atoms with Crippen LogP contribution in [0.25, 0.3) is 0 Å². The lowest BCUT2D eigenvalue weighted by Crippen LogP contribution is -2.34. The molecule has 0 aliphatic rings. The van der Waals surface area contributed by atoms with Crippen LogP contribution in [-0.2, 0) is 20.0 Å². The van der Waals surface area contributed by atoms with Crippen LogP contribution in [-0.4, -0.2) is 36.2 Å². The molecule has 0 spiro atoms. The van der Waals surface area contributed by atoms with E-state index in [1.54, 1.807) is 6.07 Å². The Morgan fingerprint density at radius 2 is 1.80 bits per heavy atom. The first kappa shape index (κ1) is 16.4. The number of nitrogens with zero attached hydrogens (tertiary/aromatic N) is 1. The maximum absolute atomic E-state index is 12.0. The Hall–Kier alpha value is -1.67. The van der Waals surface area contributed by atoms with Gasteiger partial charge in [0.25, 0.3) is 0 Å². The SMILES string of the molecule is CS(=O)(=O)NCCNS(=O)(=O)c1ccc(N)cc1C#N. The summed E-state index contributed by atoms with van der Waals surface area (Å²) in [6.45, 7) is -0.223. The summed E-state index contributed by atoms with van der Waals surface area (Å²) >= 11 is 0. The fourth-order valence-corrected chi connectivity index (χ4v) is 3.01. The Morgan fingerprint density at radius 1 is 1.20 bits per heavy atom. The van der Waals surface area contributed by atoms with E-state index in [1.807, 2.05) is 0 Å². The number of anilines is 1. The van der Waals surface area contributed by atoms with Gasteiger partial charge in [0, 0.05) is 18.8 Å². The minimum atomic E-state index is -3.90. The van der Waals surface area contributed by atoms with Crippen LogP contribution in [0.5, 0.6) is 0 Å². The molecule has 0 unspecified atom stereocenters. The van der Waals surface area contributed by atoms with Crippen molar-refractivity contribution in [1.29, 1.82) is 5.26 Å². The predicted molar refractivity (Wildman–Crippen MR) is 73.6 cm³/mol. The topological polar surface area (TPSA) is 142 Å². The second-order valence-electron chi connectivity index (χ2n) is 3.93. The van der Waals surface area contributed by atoms with E-state index in [9.17, 15) is 16.8 Å². The molecule has 0 amide bonds. The lowest BCUT2D eigenvalue weighted by molar-refractivity contribution is 0.573. The fraction of sp³-hybridized carbons (Fsp3) is 0.300. The first-order valence-electron chi connectivity index (χ1n) is 5.39. The summed E-state index contributed by atoms with van der Waals surface area (Å²) in [5.74, 6) is 0. The minimum Gasteiger partial charge on any atom is -0.399 e. The Bertz CT molecular complexity index is 735. The highest BCUT2D eigenvalue weighted by Crippen LogP contribution is 2.17. The molecular formula is C10H14N4O4S2. The third kappa shape index (κ3) is 4.78. The zero-order valence-corrected chi connectivity index (χ0v) is 12.3. The second-order valence-corrected chi connectivity index (χ2v) is 7.50. The van der Waals surface area contributed by atoms with Crippen LogP contribution in [0, 0.1) is 11.3 Å². The normalized spacial score (nSPS) is 12.0. The van der Waals surface area contributed by atoms with E-state index in [-0.39, 0.29) is 29.2 Å². The number of sulfonamides is 2. The van der Waals surface area contributed by atoms with Crippen molar-refractivity contribution in [1.82, 2.24) is 9.44 Å². The second kappa shape index (κ2) is 6.19. The van der Waals surface area contributed by atoms with E-state index in [2.05, 4.69) is 9.44 Å². The molecule has 20 heavy (non-hydrogen) atoms. The number of rotatable bonds is 6. The maximum atomic E-state index is 12.0. The number of nitrogen functional groups attached to an aromatic ring is 1. The summed E-state index contributed by atoms with van der Waals surface area (Å²) < 4.78 is 49.9. The molecule has 1 rings (SSSR count). The summed E-state index contributed by atoms with van der Waals surface area (Å²) in [6, 6.07) is 5.59. The summed E-state index contributed by atoms with van der Waals surface area (Å²) in [5, 5.41) is 8.90. The third-order valence-corrected chi connectivity index (χ3v) is 4.44. The standard InChI is InChI=1S/C10H14N4O4S2/c1-19(15,16)13-4-5-14-20(17,18)10-3-2-9(12)6-8(10)7-11/h2-3,6,13-14H,4-5,12H2,1H3. The highest BCUT2D eigenvalue weighted by Gasteiger charge is 2.18. The molecule has 0 heterocycles. The fourth-order valence-electron chi connectivity index (χ4n) is 1.37. The van der Waals surface area contributed by atoms with Crippen LogP contribution in [0.15, 0.2) is 23.1 Å². The van der Waals surface area contributed by atoms with Gasteiger partial charge in [-0.15, -0.1) is 0 Å². The van der Waals surface area contributed by atoms with Crippen LogP contribution in [0.1, 0.15) is 5.56 Å². The number of hydrogen-bond acceptors (Lipinski definition) is 6. The third-order valence-electron chi connectivity index (χ3n) is 2.19. The lowest BCUT2D eigenvalue weighted by Gasteiger charge is -2.08. The van der Waals surface area contributed by atoms with Crippen molar-refractivity contribution in [2.75, 3.05) is 25.1 Å². The van der Waals surface area contributed by atoms with Crippen molar-refractivity contribution in [2.24, 2.45) is 0 Å². The average Bonchev–Trinajstić information content (AvgIpc) is 2.33. The van der Waals surface area contributed by atoms with Crippen molar-refractivity contribution in [2.45, 2.75) is 4.90 Å². The summed E-state index contributed by atoms with van der Waals surface area (Å²) in [5.41, 5.74) is 5.67. The first-order chi connectivity index (χ1) is 9.15. The van der Waals surface area contributed by atoms with Gasteiger partial charge in [-0.25, -0.2) is 26.3 Å². The van der Waals surface area contributed by atoms with Gasteiger partial charge in [-0.2, -0.15) is 5.26 Å². The maximum Gasteiger partial charge on any atom is 0.241 e. The molecule has 0 aliphatic heterocycles. The van der Waals surface area contributed by atoms with E-state index in [0.29, 0.717) is 0 Å². The number of nitriles is 1. The van der Waals surface area contributed by atoms with E-state index >= 15 is 0 Å². The van der Waals surface area contributed by atoms with Gasteiger partial charge in [0.2, 0.25) is 20.0 Å². The Morgan fingerprint density at radius 3 is 2.35 bits per heavy atom. The largest absolute Gasteiger partial charge is 0.399 e. The van der Waals surface area contributed by atoms with Crippen LogP contribution in [0.2, 0.25) is 0 Å². The van der Waals surface area contributed by atoms with E-state index < -0.39 is 20.0 Å². The smallest absolute Gasteiger partial charge is 0.241 e. The van der Waals surface area contributed by atoms with Crippen LogP contribution >= 0.6 is 0 Å². The van der Waals surface area contributed by atoms with Gasteiger partial charge in [-0.1, -0.05) is 0 Å². The highest BCUT2D eigenvalue weighted by atomic mass is 32.2. The monoisotopic (exact) mass is 318 g/mol. The summed E-state index contributed by atoms with van der Waals surface area (Å²) in [6.07, 6.45) is 0.968. The van der Waals surface area contributed by atoms with Crippen molar-refractivity contribution in [3.63, 3.8) is 0 Å². The molecule has 1 aromatic rings. The molecule has 1 aromatic carbocycles. The van der Waals surface area contributed by atoms with E-state index in [1.165, 1.54) is 18.2 Å². The van der Waals surface area contributed by atoms with Gasteiger partial charge in [0.05, 0.1) is 16.7 Å². The highest BCUT2D eigenvalue weighted by molar-refractivity contribution is 7.89. The molecule has 0 aliphatic carbocycles. The Kier molecular flexibility index (Phi) is 5.07. The van der Waals surface area contributed by atoms with Crippen molar-refractivity contribution in [3.05, 3.63) is 23.8 Å². The number of benzene rings is 1. The van der Waals surface area contributed by atoms with Gasteiger partial charge in [-0.3, -0.25) is 0 Å². The molecule has 4 N–H and O–H groups in total. The lowest BCUT2D eigenvalue weighted by atomic mass is 10.2. The van der Waals surface area contributed by atoms with E-state index in [4.69, 9.17) is 11.0 Å². The van der Waals surface area contributed by atoms with Gasteiger partial charge >= 0.3 is 0 Å². The first-order valence-corrected chi connectivity index (χ1v) is 8.77. The van der Waals surface area contributed by atoms with Crippen molar-refractivity contribution >= 4 is 25.7 Å². The molecule has 0 bridgehead atoms.